The summed E-state index contributed by atoms with van der Waals surface area (Å²) in [7, 11) is 0. The Balaban J connectivity index is 3.79. The van der Waals surface area contributed by atoms with Crippen LogP contribution in [0, 0.1) is 0 Å². The van der Waals surface area contributed by atoms with Crippen LogP contribution in [0.15, 0.2) is 0 Å². The molecule has 0 aromatic rings. The van der Waals surface area contributed by atoms with Crippen LogP contribution >= 0.6 is 0 Å². The molecule has 22 heavy (non-hydrogen) atoms. The second-order valence-electron chi connectivity index (χ2n) is 4.82. The van der Waals surface area contributed by atoms with Gasteiger partial charge in [-0.1, -0.05) is 13.8 Å². The number of hydrogen-bond donors (Lipinski definition) is 1. The highest BCUT2D eigenvalue weighted by atomic mass is 16.5. The molecule has 0 heterocycles. The van der Waals surface area contributed by atoms with E-state index in [-0.39, 0.29) is 50.5 Å². The molecule has 0 rings (SSSR count). The van der Waals surface area contributed by atoms with Crippen LogP contribution in [0.25, 0.3) is 0 Å². The predicted octanol–water partition coefficient (Wildman–Crippen LogP) is 0.919. The second kappa shape index (κ2) is 11.9. The molecule has 7 heteroatoms. The van der Waals surface area contributed by atoms with E-state index in [1.807, 2.05) is 0 Å². The van der Waals surface area contributed by atoms with E-state index in [1.165, 1.54) is 0 Å². The molecular weight excluding hydrogens is 290 g/mol. The van der Waals surface area contributed by atoms with Crippen molar-refractivity contribution in [2.75, 3.05) is 13.2 Å². The average Bonchev–Trinajstić information content (AvgIpc) is 2.51. The third-order valence-electron chi connectivity index (χ3n) is 3.02. The van der Waals surface area contributed by atoms with Gasteiger partial charge in [0.1, 0.15) is 17.6 Å². The Morgan fingerprint density at radius 1 is 0.864 bits per heavy atom. The van der Waals surface area contributed by atoms with Crippen LogP contribution in [0.5, 0.6) is 0 Å². The highest BCUT2D eigenvalue weighted by Gasteiger charge is 2.17. The molecule has 126 valence electrons. The van der Waals surface area contributed by atoms with E-state index < -0.39 is 18.0 Å². The fourth-order valence-electron chi connectivity index (χ4n) is 1.47. The molecule has 0 fully saturated rings. The van der Waals surface area contributed by atoms with Gasteiger partial charge in [-0.15, -0.1) is 0 Å². The largest absolute Gasteiger partial charge is 0.465 e. The van der Waals surface area contributed by atoms with Crippen molar-refractivity contribution in [1.82, 2.24) is 0 Å². The van der Waals surface area contributed by atoms with E-state index in [0.717, 1.165) is 0 Å². The lowest BCUT2D eigenvalue weighted by molar-refractivity contribution is -0.147. The quantitative estimate of drug-likeness (QED) is 0.533. The molecule has 0 amide bonds. The normalized spacial score (nSPS) is 11.6. The molecule has 0 aromatic carbocycles. The summed E-state index contributed by atoms with van der Waals surface area (Å²) in [6.07, 6.45) is 1.25. The first kappa shape index (κ1) is 20.2. The van der Waals surface area contributed by atoms with Crippen LogP contribution in [-0.4, -0.2) is 42.8 Å². The SMILES string of the molecule is CCC(=O)CCOC(=O)CC[C@H](N)C(=O)OCCC(=O)CC. The number of carbonyl (C=O) groups excluding carboxylic acids is 4. The number of rotatable bonds is 12. The summed E-state index contributed by atoms with van der Waals surface area (Å²) in [5.41, 5.74) is 5.59. The molecule has 2 N–H and O–H groups in total. The summed E-state index contributed by atoms with van der Waals surface area (Å²) < 4.78 is 9.71. The molecule has 0 aliphatic rings. The standard InChI is InChI=1S/C15H25NO6/c1-3-11(17)7-9-21-14(19)6-5-13(16)15(20)22-10-8-12(18)4-2/h13H,3-10,16H2,1-2H3/t13-/m0/s1. The lowest BCUT2D eigenvalue weighted by atomic mass is 10.1. The number of ether oxygens (including phenoxy) is 2. The third-order valence-corrected chi connectivity index (χ3v) is 3.02. The monoisotopic (exact) mass is 315 g/mol. The molecule has 0 aliphatic carbocycles. The summed E-state index contributed by atoms with van der Waals surface area (Å²) >= 11 is 0. The smallest absolute Gasteiger partial charge is 0.322 e. The first-order valence-electron chi connectivity index (χ1n) is 7.51. The van der Waals surface area contributed by atoms with Gasteiger partial charge in [-0.2, -0.15) is 0 Å². The topological polar surface area (TPSA) is 113 Å². The summed E-state index contributed by atoms with van der Waals surface area (Å²) in [5, 5.41) is 0. The lowest BCUT2D eigenvalue weighted by Crippen LogP contribution is -2.33. The van der Waals surface area contributed by atoms with Crippen LogP contribution in [0.4, 0.5) is 0 Å². The second-order valence-corrected chi connectivity index (χ2v) is 4.82. The molecule has 7 nitrogen and oxygen atoms in total. The van der Waals surface area contributed by atoms with Crippen molar-refractivity contribution in [3.8, 4) is 0 Å². The van der Waals surface area contributed by atoms with Crippen molar-refractivity contribution in [2.24, 2.45) is 5.73 Å². The van der Waals surface area contributed by atoms with Crippen molar-refractivity contribution in [1.29, 1.82) is 0 Å². The van der Waals surface area contributed by atoms with Gasteiger partial charge in [0, 0.05) is 32.1 Å². The van der Waals surface area contributed by atoms with Gasteiger partial charge < -0.3 is 15.2 Å². The highest BCUT2D eigenvalue weighted by Crippen LogP contribution is 2.01. The Labute approximate surface area is 130 Å². The number of hydrogen-bond acceptors (Lipinski definition) is 7. The fourth-order valence-corrected chi connectivity index (χ4v) is 1.47. The van der Waals surface area contributed by atoms with E-state index in [1.54, 1.807) is 13.8 Å². The van der Waals surface area contributed by atoms with Crippen molar-refractivity contribution in [2.45, 2.75) is 58.4 Å². The number of carbonyl (C=O) groups is 4. The predicted molar refractivity (Wildman–Crippen MR) is 79.0 cm³/mol. The van der Waals surface area contributed by atoms with Crippen LogP contribution < -0.4 is 5.73 Å². The van der Waals surface area contributed by atoms with Crippen LogP contribution in [-0.2, 0) is 28.7 Å². The first-order valence-corrected chi connectivity index (χ1v) is 7.51. The third kappa shape index (κ3) is 10.0. The van der Waals surface area contributed by atoms with E-state index in [4.69, 9.17) is 15.2 Å². The summed E-state index contributed by atoms with van der Waals surface area (Å²) in [5.74, 6) is -1.12. The minimum absolute atomic E-state index is 0.00276. The zero-order chi connectivity index (χ0) is 17.0. The highest BCUT2D eigenvalue weighted by molar-refractivity contribution is 5.80. The van der Waals surface area contributed by atoms with Gasteiger partial charge in [0.25, 0.3) is 0 Å². The van der Waals surface area contributed by atoms with Crippen molar-refractivity contribution in [3.05, 3.63) is 0 Å². The average molecular weight is 315 g/mol. The number of esters is 2. The Morgan fingerprint density at radius 3 is 1.86 bits per heavy atom. The van der Waals surface area contributed by atoms with Gasteiger partial charge in [0.2, 0.25) is 0 Å². The minimum Gasteiger partial charge on any atom is -0.465 e. The molecule has 0 saturated carbocycles. The fraction of sp³-hybridized carbons (Fsp3) is 0.733. The minimum atomic E-state index is -0.929. The van der Waals surface area contributed by atoms with Crippen LogP contribution in [0.2, 0.25) is 0 Å². The first-order chi connectivity index (χ1) is 10.4. The van der Waals surface area contributed by atoms with E-state index in [9.17, 15) is 19.2 Å². The molecule has 0 saturated heterocycles. The Kier molecular flexibility index (Phi) is 10.9. The Hall–Kier alpha value is -1.76. The Bertz CT molecular complexity index is 393. The van der Waals surface area contributed by atoms with Gasteiger partial charge in [0.15, 0.2) is 0 Å². The maximum atomic E-state index is 11.5. The maximum Gasteiger partial charge on any atom is 0.322 e. The molecule has 0 unspecified atom stereocenters. The summed E-state index contributed by atoms with van der Waals surface area (Å²) in [6, 6.07) is -0.929. The van der Waals surface area contributed by atoms with Gasteiger partial charge in [-0.05, 0) is 6.42 Å². The van der Waals surface area contributed by atoms with Gasteiger partial charge >= 0.3 is 11.9 Å². The van der Waals surface area contributed by atoms with E-state index in [2.05, 4.69) is 0 Å². The van der Waals surface area contributed by atoms with E-state index in [0.29, 0.717) is 12.8 Å². The molecule has 1 atom stereocenters. The van der Waals surface area contributed by atoms with Crippen molar-refractivity contribution >= 4 is 23.5 Å². The van der Waals surface area contributed by atoms with Crippen molar-refractivity contribution < 1.29 is 28.7 Å². The zero-order valence-electron chi connectivity index (χ0n) is 13.3. The molecule has 0 aromatic heterocycles. The molecule has 0 spiro atoms. The number of Topliss-reactive ketones (excluding diaryl/α,β-unsaturated/α-hetero) is 2. The van der Waals surface area contributed by atoms with Crippen molar-refractivity contribution in [3.63, 3.8) is 0 Å². The molecular formula is C15H25NO6. The summed E-state index contributed by atoms with van der Waals surface area (Å²) in [4.78, 5) is 45.0. The molecule has 0 radical (unpaired) electrons. The lowest BCUT2D eigenvalue weighted by Gasteiger charge is -2.11. The number of nitrogens with two attached hydrogens (primary N) is 1. The van der Waals surface area contributed by atoms with Crippen LogP contribution in [0.1, 0.15) is 52.4 Å². The van der Waals surface area contributed by atoms with Crippen LogP contribution in [0.3, 0.4) is 0 Å². The number of ketones is 2. The van der Waals surface area contributed by atoms with Gasteiger partial charge in [-0.3, -0.25) is 19.2 Å². The summed E-state index contributed by atoms with van der Waals surface area (Å²) in [6.45, 7) is 3.52. The van der Waals surface area contributed by atoms with Gasteiger partial charge in [-0.25, -0.2) is 0 Å². The zero-order valence-corrected chi connectivity index (χ0v) is 13.3. The Morgan fingerprint density at radius 2 is 1.36 bits per heavy atom. The molecule has 0 bridgehead atoms. The van der Waals surface area contributed by atoms with E-state index >= 15 is 0 Å². The maximum absolute atomic E-state index is 11.5. The van der Waals surface area contributed by atoms with Gasteiger partial charge in [0.05, 0.1) is 13.2 Å². The molecule has 0 aliphatic heterocycles.